The summed E-state index contributed by atoms with van der Waals surface area (Å²) >= 11 is 0. The van der Waals surface area contributed by atoms with Crippen molar-refractivity contribution in [2.75, 3.05) is 13.2 Å². The molecule has 0 aliphatic carbocycles. The fourth-order valence-corrected chi connectivity index (χ4v) is 5.39. The number of carbonyl (C=O) groups is 1. The van der Waals surface area contributed by atoms with E-state index in [2.05, 4.69) is 12.2 Å². The molecule has 5 rings (SSSR count). The minimum Gasteiger partial charge on any atom is -0.493 e. The van der Waals surface area contributed by atoms with Crippen LogP contribution in [0.4, 0.5) is 13.2 Å². The lowest BCUT2D eigenvalue weighted by molar-refractivity contribution is -0.137. The van der Waals surface area contributed by atoms with Gasteiger partial charge in [-0.15, -0.1) is 0 Å². The van der Waals surface area contributed by atoms with Crippen molar-refractivity contribution < 1.29 is 27.4 Å². The summed E-state index contributed by atoms with van der Waals surface area (Å²) in [6.07, 6.45) is -1.49. The molecule has 3 N–H and O–H groups in total. The molecule has 4 unspecified atom stereocenters. The summed E-state index contributed by atoms with van der Waals surface area (Å²) in [5, 5.41) is 3.50. The van der Waals surface area contributed by atoms with E-state index in [0.717, 1.165) is 18.6 Å². The zero-order valence-corrected chi connectivity index (χ0v) is 22.5. The lowest BCUT2D eigenvalue weighted by Gasteiger charge is -2.41. The van der Waals surface area contributed by atoms with Gasteiger partial charge in [-0.2, -0.15) is 13.2 Å². The summed E-state index contributed by atoms with van der Waals surface area (Å²) in [5.74, 6) is 0.494. The van der Waals surface area contributed by atoms with E-state index in [4.69, 9.17) is 15.2 Å². The van der Waals surface area contributed by atoms with E-state index < -0.39 is 17.4 Å². The first-order valence-corrected chi connectivity index (χ1v) is 13.5. The molecule has 8 heteroatoms. The average Bonchev–Trinajstić information content (AvgIpc) is 3.17. The predicted molar refractivity (Wildman–Crippen MR) is 148 cm³/mol. The van der Waals surface area contributed by atoms with Gasteiger partial charge in [0.2, 0.25) is 0 Å². The third-order valence-electron chi connectivity index (χ3n) is 7.99. The zero-order chi connectivity index (χ0) is 28.5. The third-order valence-corrected chi connectivity index (χ3v) is 7.99. The zero-order valence-electron chi connectivity index (χ0n) is 22.5. The highest BCUT2D eigenvalue weighted by Gasteiger charge is 2.42. The van der Waals surface area contributed by atoms with Gasteiger partial charge in [-0.05, 0) is 66.3 Å². The Kier molecular flexibility index (Phi) is 7.86. The Morgan fingerprint density at radius 1 is 0.925 bits per heavy atom. The quantitative estimate of drug-likeness (QED) is 0.352. The van der Waals surface area contributed by atoms with E-state index in [0.29, 0.717) is 53.2 Å². The van der Waals surface area contributed by atoms with E-state index in [1.807, 2.05) is 43.3 Å². The van der Waals surface area contributed by atoms with Crippen LogP contribution in [0.1, 0.15) is 43.4 Å². The fourth-order valence-electron chi connectivity index (χ4n) is 5.39. The molecule has 0 aromatic heterocycles. The number of benzene rings is 3. The summed E-state index contributed by atoms with van der Waals surface area (Å²) in [7, 11) is 0. The SMILES string of the molecule is CC1OCCC(NC(N)(C(=O)C2=Cc3cc(-c4ccc(C(F)(F)F)cc4)ccc3OCC2)c2ccccc2)C1C. The van der Waals surface area contributed by atoms with Crippen LogP contribution in [-0.4, -0.2) is 31.1 Å². The van der Waals surface area contributed by atoms with Crippen LogP contribution >= 0.6 is 0 Å². The van der Waals surface area contributed by atoms with Crippen molar-refractivity contribution >= 4 is 11.9 Å². The number of halogens is 3. The monoisotopic (exact) mass is 550 g/mol. The molecule has 1 fully saturated rings. The summed E-state index contributed by atoms with van der Waals surface area (Å²) < 4.78 is 50.9. The summed E-state index contributed by atoms with van der Waals surface area (Å²) in [5.41, 5.74) is 8.00. The van der Waals surface area contributed by atoms with Gasteiger partial charge in [-0.25, -0.2) is 0 Å². The molecule has 0 radical (unpaired) electrons. The molecule has 0 amide bonds. The Bertz CT molecular complexity index is 1390. The number of Topliss-reactive ketones (excluding diaryl/α,β-unsaturated/α-hetero) is 1. The van der Waals surface area contributed by atoms with Crippen LogP contribution in [-0.2, 0) is 21.4 Å². The van der Waals surface area contributed by atoms with Gasteiger partial charge in [-0.1, -0.05) is 55.5 Å². The van der Waals surface area contributed by atoms with Crippen molar-refractivity contribution in [1.29, 1.82) is 0 Å². The molecule has 0 bridgehead atoms. The van der Waals surface area contributed by atoms with Crippen molar-refractivity contribution in [1.82, 2.24) is 5.32 Å². The number of ether oxygens (including phenoxy) is 2. The average molecular weight is 551 g/mol. The minimum absolute atomic E-state index is 0.0286. The van der Waals surface area contributed by atoms with Gasteiger partial charge in [0.1, 0.15) is 5.75 Å². The molecule has 210 valence electrons. The standard InChI is InChI=1S/C32H33F3N2O3/c1-20-21(2)39-17-15-28(20)37-31(36,26-6-4-3-5-7-26)30(38)24-14-16-40-29-13-10-23(18-25(29)19-24)22-8-11-27(12-9-22)32(33,34)35/h3-13,18-21,28,37H,14-17,36H2,1-2H3. The molecule has 4 atom stereocenters. The number of carbonyl (C=O) groups excluding carboxylic acids is 1. The maximum Gasteiger partial charge on any atom is 0.416 e. The lowest BCUT2D eigenvalue weighted by Crippen LogP contribution is -2.63. The van der Waals surface area contributed by atoms with Crippen molar-refractivity contribution in [3.63, 3.8) is 0 Å². The highest BCUT2D eigenvalue weighted by atomic mass is 19.4. The van der Waals surface area contributed by atoms with E-state index >= 15 is 0 Å². The number of fused-ring (bicyclic) bond motifs is 1. The van der Waals surface area contributed by atoms with Crippen molar-refractivity contribution in [2.24, 2.45) is 11.7 Å². The van der Waals surface area contributed by atoms with Crippen LogP contribution < -0.4 is 15.8 Å². The predicted octanol–water partition coefficient (Wildman–Crippen LogP) is 6.32. The Morgan fingerprint density at radius 2 is 1.62 bits per heavy atom. The van der Waals surface area contributed by atoms with Gasteiger partial charge in [0.15, 0.2) is 11.4 Å². The van der Waals surface area contributed by atoms with Gasteiger partial charge in [0.05, 0.1) is 18.3 Å². The molecule has 3 aromatic carbocycles. The first-order valence-electron chi connectivity index (χ1n) is 13.5. The van der Waals surface area contributed by atoms with Gasteiger partial charge in [-0.3, -0.25) is 10.1 Å². The van der Waals surface area contributed by atoms with E-state index in [-0.39, 0.29) is 23.8 Å². The Morgan fingerprint density at radius 3 is 2.33 bits per heavy atom. The second-order valence-corrected chi connectivity index (χ2v) is 10.6. The molecule has 2 heterocycles. The number of ketones is 1. The van der Waals surface area contributed by atoms with Crippen LogP contribution in [0.25, 0.3) is 17.2 Å². The molecule has 2 aliphatic rings. The van der Waals surface area contributed by atoms with E-state index in [1.165, 1.54) is 12.1 Å². The van der Waals surface area contributed by atoms with Gasteiger partial charge >= 0.3 is 6.18 Å². The van der Waals surface area contributed by atoms with Crippen molar-refractivity contribution in [3.8, 4) is 16.9 Å². The van der Waals surface area contributed by atoms with E-state index in [9.17, 15) is 18.0 Å². The number of hydrogen-bond donors (Lipinski definition) is 2. The van der Waals surface area contributed by atoms with Gasteiger partial charge in [0.25, 0.3) is 0 Å². The molecule has 1 saturated heterocycles. The largest absolute Gasteiger partial charge is 0.493 e. The van der Waals surface area contributed by atoms with Crippen LogP contribution in [0.15, 0.2) is 78.4 Å². The lowest BCUT2D eigenvalue weighted by atomic mass is 9.85. The number of alkyl halides is 3. The number of rotatable bonds is 6. The Hall–Kier alpha value is -3.46. The van der Waals surface area contributed by atoms with Crippen LogP contribution in [0.3, 0.4) is 0 Å². The highest BCUT2D eigenvalue weighted by Crippen LogP contribution is 2.35. The first-order chi connectivity index (χ1) is 19.1. The maximum atomic E-state index is 14.3. The van der Waals surface area contributed by atoms with Crippen molar-refractivity contribution in [2.45, 2.75) is 50.7 Å². The molecular formula is C32H33F3N2O3. The fraction of sp³-hybridized carbons (Fsp3) is 0.344. The Balaban J connectivity index is 1.50. The maximum absolute atomic E-state index is 14.3. The van der Waals surface area contributed by atoms with Crippen LogP contribution in [0, 0.1) is 5.92 Å². The number of nitrogens with two attached hydrogens (primary N) is 1. The van der Waals surface area contributed by atoms with Crippen LogP contribution in [0.2, 0.25) is 0 Å². The van der Waals surface area contributed by atoms with Crippen LogP contribution in [0.5, 0.6) is 5.75 Å². The molecule has 0 saturated carbocycles. The van der Waals surface area contributed by atoms with Crippen molar-refractivity contribution in [3.05, 3.63) is 95.1 Å². The van der Waals surface area contributed by atoms with E-state index in [1.54, 1.807) is 18.2 Å². The number of nitrogens with one attached hydrogen (secondary N) is 1. The van der Waals surface area contributed by atoms with Gasteiger partial charge < -0.3 is 15.2 Å². The summed E-state index contributed by atoms with van der Waals surface area (Å²) in [6, 6.07) is 19.7. The number of hydrogen-bond acceptors (Lipinski definition) is 5. The second-order valence-electron chi connectivity index (χ2n) is 10.6. The molecular weight excluding hydrogens is 517 g/mol. The second kappa shape index (κ2) is 11.2. The first kappa shape index (κ1) is 28.1. The normalized spacial score (nSPS) is 22.8. The highest BCUT2D eigenvalue weighted by molar-refractivity contribution is 6.06. The topological polar surface area (TPSA) is 73.6 Å². The van der Waals surface area contributed by atoms with Gasteiger partial charge in [0, 0.05) is 30.2 Å². The molecule has 3 aromatic rings. The smallest absolute Gasteiger partial charge is 0.416 e. The molecule has 5 nitrogen and oxygen atoms in total. The summed E-state index contributed by atoms with van der Waals surface area (Å²) in [4.78, 5) is 14.3. The molecule has 2 aliphatic heterocycles. The molecule has 40 heavy (non-hydrogen) atoms. The minimum atomic E-state index is -4.40. The molecule has 0 spiro atoms. The third kappa shape index (κ3) is 5.70. The summed E-state index contributed by atoms with van der Waals surface area (Å²) in [6.45, 7) is 4.99. The Labute approximate surface area is 232 Å².